The average Bonchev–Trinajstić information content (AvgIpc) is 2.27. The second-order valence-corrected chi connectivity index (χ2v) is 4.56. The van der Waals surface area contributed by atoms with Gasteiger partial charge in [0, 0.05) is 17.9 Å². The van der Waals surface area contributed by atoms with E-state index in [4.69, 9.17) is 5.11 Å². The minimum atomic E-state index is -0.514. The lowest BCUT2D eigenvalue weighted by atomic mass is 10.1. The van der Waals surface area contributed by atoms with Gasteiger partial charge in [-0.3, -0.25) is 4.79 Å². The summed E-state index contributed by atoms with van der Waals surface area (Å²) in [5, 5.41) is 11.7. The number of carbonyl (C=O) groups is 1. The van der Waals surface area contributed by atoms with E-state index >= 15 is 0 Å². The van der Waals surface area contributed by atoms with E-state index in [2.05, 4.69) is 5.32 Å². The van der Waals surface area contributed by atoms with Gasteiger partial charge in [0.05, 0.1) is 6.10 Å². The standard InChI is InChI=1S/C12H17NO2S/c1-9(14)7-13-12(15)11-5-3-10(4-6-11)8-16-2/h3-6,9,14H,7-8H2,1-2H3,(H,13,15)/t9-/m1/s1. The van der Waals surface area contributed by atoms with Crippen molar-refractivity contribution >= 4 is 17.7 Å². The molecule has 4 heteroatoms. The van der Waals surface area contributed by atoms with Gasteiger partial charge in [0.25, 0.3) is 5.91 Å². The minimum absolute atomic E-state index is 0.142. The molecule has 0 saturated heterocycles. The van der Waals surface area contributed by atoms with Crippen LogP contribution in [0.3, 0.4) is 0 Å². The van der Waals surface area contributed by atoms with E-state index in [1.165, 1.54) is 5.56 Å². The Morgan fingerprint density at radius 2 is 2.06 bits per heavy atom. The fourth-order valence-electron chi connectivity index (χ4n) is 1.26. The normalized spacial score (nSPS) is 12.2. The lowest BCUT2D eigenvalue weighted by molar-refractivity contribution is 0.0924. The van der Waals surface area contributed by atoms with Gasteiger partial charge in [0.15, 0.2) is 0 Å². The first-order chi connectivity index (χ1) is 7.63. The first-order valence-corrected chi connectivity index (χ1v) is 6.57. The van der Waals surface area contributed by atoms with Crippen molar-refractivity contribution in [2.45, 2.75) is 18.8 Å². The van der Waals surface area contributed by atoms with Crippen LogP contribution in [0, 0.1) is 0 Å². The van der Waals surface area contributed by atoms with Gasteiger partial charge in [0.1, 0.15) is 0 Å². The zero-order valence-electron chi connectivity index (χ0n) is 9.56. The van der Waals surface area contributed by atoms with Crippen molar-refractivity contribution in [2.24, 2.45) is 0 Å². The molecule has 0 bridgehead atoms. The molecule has 1 rings (SSSR count). The summed E-state index contributed by atoms with van der Waals surface area (Å²) in [6.07, 6.45) is 1.53. The van der Waals surface area contributed by atoms with Gasteiger partial charge in [-0.25, -0.2) is 0 Å². The third-order valence-corrected chi connectivity index (χ3v) is 2.71. The second-order valence-electron chi connectivity index (χ2n) is 3.69. The topological polar surface area (TPSA) is 49.3 Å². The Bertz CT molecular complexity index is 335. The summed E-state index contributed by atoms with van der Waals surface area (Å²) in [4.78, 5) is 11.6. The van der Waals surface area contributed by atoms with E-state index in [0.717, 1.165) is 5.75 Å². The molecule has 0 aromatic heterocycles. The fraction of sp³-hybridized carbons (Fsp3) is 0.417. The number of thioether (sulfide) groups is 1. The number of carbonyl (C=O) groups excluding carboxylic acids is 1. The Balaban J connectivity index is 2.56. The van der Waals surface area contributed by atoms with Crippen LogP contribution in [0.1, 0.15) is 22.8 Å². The molecule has 16 heavy (non-hydrogen) atoms. The number of nitrogens with one attached hydrogen (secondary N) is 1. The van der Waals surface area contributed by atoms with Crippen molar-refractivity contribution in [3.05, 3.63) is 35.4 Å². The molecule has 1 amide bonds. The van der Waals surface area contributed by atoms with Crippen LogP contribution in [0.5, 0.6) is 0 Å². The lowest BCUT2D eigenvalue weighted by Crippen LogP contribution is -2.30. The van der Waals surface area contributed by atoms with E-state index in [-0.39, 0.29) is 12.5 Å². The second kappa shape index (κ2) is 6.55. The van der Waals surface area contributed by atoms with Crippen LogP contribution in [-0.4, -0.2) is 29.9 Å². The highest BCUT2D eigenvalue weighted by atomic mass is 32.2. The summed E-state index contributed by atoms with van der Waals surface area (Å²) in [5.74, 6) is 0.812. The molecule has 0 aliphatic carbocycles. The van der Waals surface area contributed by atoms with Gasteiger partial charge < -0.3 is 10.4 Å². The molecule has 0 fully saturated rings. The van der Waals surface area contributed by atoms with Crippen molar-refractivity contribution in [1.82, 2.24) is 5.32 Å². The molecule has 3 nitrogen and oxygen atoms in total. The number of rotatable bonds is 5. The molecule has 2 N–H and O–H groups in total. The number of aliphatic hydroxyl groups is 1. The quantitative estimate of drug-likeness (QED) is 0.821. The largest absolute Gasteiger partial charge is 0.392 e. The van der Waals surface area contributed by atoms with Gasteiger partial charge in [-0.15, -0.1) is 0 Å². The van der Waals surface area contributed by atoms with Gasteiger partial charge in [-0.1, -0.05) is 12.1 Å². The first-order valence-electron chi connectivity index (χ1n) is 5.17. The zero-order valence-corrected chi connectivity index (χ0v) is 10.4. The SMILES string of the molecule is CSCc1ccc(C(=O)NC[C@@H](C)O)cc1. The smallest absolute Gasteiger partial charge is 0.251 e. The lowest BCUT2D eigenvalue weighted by Gasteiger charge is -2.07. The molecule has 0 spiro atoms. The number of hydrogen-bond acceptors (Lipinski definition) is 3. The summed E-state index contributed by atoms with van der Waals surface area (Å²) >= 11 is 1.75. The number of benzene rings is 1. The van der Waals surface area contributed by atoms with Crippen molar-refractivity contribution in [3.63, 3.8) is 0 Å². The van der Waals surface area contributed by atoms with Crippen molar-refractivity contribution in [2.75, 3.05) is 12.8 Å². The van der Waals surface area contributed by atoms with Crippen LogP contribution >= 0.6 is 11.8 Å². The van der Waals surface area contributed by atoms with E-state index in [9.17, 15) is 4.79 Å². The molecule has 1 aromatic rings. The highest BCUT2D eigenvalue weighted by molar-refractivity contribution is 7.97. The van der Waals surface area contributed by atoms with Crippen molar-refractivity contribution in [3.8, 4) is 0 Å². The molecule has 0 unspecified atom stereocenters. The third-order valence-electron chi connectivity index (χ3n) is 2.09. The maximum absolute atomic E-state index is 11.6. The van der Waals surface area contributed by atoms with Crippen LogP contribution in [0.15, 0.2) is 24.3 Å². The van der Waals surface area contributed by atoms with E-state index in [1.807, 2.05) is 30.5 Å². The summed E-state index contributed by atoms with van der Waals surface area (Å²) in [6.45, 7) is 1.92. The number of hydrogen-bond donors (Lipinski definition) is 2. The maximum Gasteiger partial charge on any atom is 0.251 e. The Hall–Kier alpha value is -1.00. The molecule has 0 heterocycles. The Morgan fingerprint density at radius 3 is 2.56 bits per heavy atom. The summed E-state index contributed by atoms with van der Waals surface area (Å²) < 4.78 is 0. The molecule has 0 saturated carbocycles. The molecule has 0 aliphatic heterocycles. The van der Waals surface area contributed by atoms with Gasteiger partial charge >= 0.3 is 0 Å². The molecular formula is C12H17NO2S. The predicted octanol–water partition coefficient (Wildman–Crippen LogP) is 1.66. The maximum atomic E-state index is 11.6. The first kappa shape index (κ1) is 13.1. The summed E-state index contributed by atoms with van der Waals surface area (Å²) in [5.41, 5.74) is 1.84. The van der Waals surface area contributed by atoms with Crippen molar-refractivity contribution in [1.29, 1.82) is 0 Å². The fourth-order valence-corrected chi connectivity index (χ4v) is 1.79. The molecule has 1 aromatic carbocycles. The highest BCUT2D eigenvalue weighted by Crippen LogP contribution is 2.10. The molecule has 88 valence electrons. The Labute approximate surface area is 100 Å². The van der Waals surface area contributed by atoms with E-state index < -0.39 is 6.10 Å². The van der Waals surface area contributed by atoms with Crippen LogP contribution in [0.4, 0.5) is 0 Å². The minimum Gasteiger partial charge on any atom is -0.392 e. The molecule has 0 aliphatic rings. The average molecular weight is 239 g/mol. The Morgan fingerprint density at radius 1 is 1.44 bits per heavy atom. The Kier molecular flexibility index (Phi) is 5.35. The predicted molar refractivity (Wildman–Crippen MR) is 67.7 cm³/mol. The van der Waals surface area contributed by atoms with Crippen LogP contribution in [-0.2, 0) is 5.75 Å². The number of amides is 1. The number of aliphatic hydroxyl groups excluding tert-OH is 1. The van der Waals surface area contributed by atoms with Crippen LogP contribution in [0.2, 0.25) is 0 Å². The van der Waals surface area contributed by atoms with Crippen LogP contribution in [0.25, 0.3) is 0 Å². The van der Waals surface area contributed by atoms with Gasteiger partial charge in [-0.2, -0.15) is 11.8 Å². The van der Waals surface area contributed by atoms with Gasteiger partial charge in [-0.05, 0) is 30.9 Å². The monoisotopic (exact) mass is 239 g/mol. The van der Waals surface area contributed by atoms with Crippen LogP contribution < -0.4 is 5.32 Å². The highest BCUT2D eigenvalue weighted by Gasteiger charge is 2.05. The van der Waals surface area contributed by atoms with E-state index in [1.54, 1.807) is 18.7 Å². The molecular weight excluding hydrogens is 222 g/mol. The summed E-state index contributed by atoms with van der Waals surface area (Å²) in [6, 6.07) is 7.52. The van der Waals surface area contributed by atoms with Gasteiger partial charge in [0.2, 0.25) is 0 Å². The summed E-state index contributed by atoms with van der Waals surface area (Å²) in [7, 11) is 0. The molecule has 0 radical (unpaired) electrons. The zero-order chi connectivity index (χ0) is 12.0. The third kappa shape index (κ3) is 4.24. The molecule has 1 atom stereocenters. The van der Waals surface area contributed by atoms with E-state index in [0.29, 0.717) is 5.56 Å². The van der Waals surface area contributed by atoms with Crippen molar-refractivity contribution < 1.29 is 9.90 Å².